The normalized spacial score (nSPS) is 10.4. The van der Waals surface area contributed by atoms with Crippen LogP contribution in [0.4, 0.5) is 34.1 Å². The largest absolute Gasteiger partial charge is 1.00 e. The minimum absolute atomic E-state index is 0. The van der Waals surface area contributed by atoms with Crippen LogP contribution in [0.5, 0.6) is 23.3 Å². The van der Waals surface area contributed by atoms with Crippen LogP contribution in [-0.2, 0) is 16.8 Å². The molecule has 24 heteroatoms. The van der Waals surface area contributed by atoms with E-state index in [4.69, 9.17) is 0 Å². The Morgan fingerprint density at radius 3 is 1.25 bits per heavy atom. The van der Waals surface area contributed by atoms with E-state index in [1.807, 2.05) is 0 Å². The average Bonchev–Trinajstić information content (AvgIpc) is 2.89. The number of phenols is 2. The van der Waals surface area contributed by atoms with Crippen molar-refractivity contribution in [2.75, 3.05) is 0 Å². The van der Waals surface area contributed by atoms with Gasteiger partial charge in [0.1, 0.15) is 22.9 Å². The monoisotopic (exact) mass is 700 g/mol. The molecule has 20 nitrogen and oxygen atoms in total. The number of H-pyrrole nitrogens is 4. The molecule has 4 aromatic rings. The predicted octanol–water partition coefficient (Wildman–Crippen LogP) is 1.34. The molecule has 0 aliphatic rings. The van der Waals surface area contributed by atoms with E-state index in [9.17, 15) is 50.2 Å². The maximum absolute atomic E-state index is 11.5. The molecule has 4 rings (SSSR count). The SMILES string of the molecule is O=c1[nH]c(=S)[nH]c(O)c1N=Nc1ccc([N+](=O)[O-])cc1O.O=c1[nH]c(=S)[nH]c(O)c1N=Nc1ccc([N+](=O)[O-])cc1O.[Co].[Na+]. The third-order valence-corrected chi connectivity index (χ3v) is 5.06. The minimum Gasteiger partial charge on any atom is -0.505 e. The number of nitro groups is 2. The number of phenolic OH excluding ortho intramolecular Hbond substituents is 2. The van der Waals surface area contributed by atoms with E-state index in [0.717, 1.165) is 36.4 Å². The number of non-ortho nitro benzene ring substituents is 2. The number of nitro benzene ring substituents is 2. The van der Waals surface area contributed by atoms with Crippen LogP contribution in [-0.4, -0.2) is 50.2 Å². The van der Waals surface area contributed by atoms with Crippen molar-refractivity contribution in [2.24, 2.45) is 20.5 Å². The number of hydrogen-bond donors (Lipinski definition) is 8. The van der Waals surface area contributed by atoms with Crippen LogP contribution in [0.3, 0.4) is 0 Å². The van der Waals surface area contributed by atoms with Gasteiger partial charge in [-0.2, -0.15) is 0 Å². The van der Waals surface area contributed by atoms with Crippen LogP contribution < -0.4 is 40.7 Å². The summed E-state index contributed by atoms with van der Waals surface area (Å²) >= 11 is 9.27. The molecule has 2 aromatic heterocycles. The molecule has 0 saturated carbocycles. The summed E-state index contributed by atoms with van der Waals surface area (Å²) in [5, 5.41) is 73.2. The van der Waals surface area contributed by atoms with Gasteiger partial charge in [-0.1, -0.05) is 0 Å². The zero-order valence-corrected chi connectivity index (χ0v) is 26.2. The third-order valence-electron chi connectivity index (χ3n) is 4.65. The predicted molar refractivity (Wildman–Crippen MR) is 146 cm³/mol. The first-order chi connectivity index (χ1) is 19.8. The van der Waals surface area contributed by atoms with Crippen LogP contribution >= 0.6 is 24.4 Å². The first-order valence-electron chi connectivity index (χ1n) is 10.7. The van der Waals surface area contributed by atoms with Gasteiger partial charge in [0.05, 0.1) is 22.0 Å². The van der Waals surface area contributed by atoms with Gasteiger partial charge in [-0.3, -0.25) is 39.8 Å². The fraction of sp³-hybridized carbons (Fsp3) is 0. The molecule has 8 N–H and O–H groups in total. The molecule has 0 saturated heterocycles. The molecule has 44 heavy (non-hydrogen) atoms. The van der Waals surface area contributed by atoms with Crippen molar-refractivity contribution in [1.82, 2.24) is 19.9 Å². The molecule has 0 unspecified atom stereocenters. The molecule has 0 aliphatic heterocycles. The van der Waals surface area contributed by atoms with E-state index in [1.54, 1.807) is 0 Å². The van der Waals surface area contributed by atoms with E-state index in [0.29, 0.717) is 0 Å². The Kier molecular flexibility index (Phi) is 13.8. The van der Waals surface area contributed by atoms with Gasteiger partial charge in [0, 0.05) is 28.9 Å². The van der Waals surface area contributed by atoms with Gasteiger partial charge < -0.3 is 30.4 Å². The molecule has 0 spiro atoms. The fourth-order valence-corrected chi connectivity index (χ4v) is 3.13. The molecule has 2 aromatic carbocycles. The molecule has 0 aliphatic carbocycles. The summed E-state index contributed by atoms with van der Waals surface area (Å²) in [6.45, 7) is 0. The maximum atomic E-state index is 11.5. The van der Waals surface area contributed by atoms with Gasteiger partial charge in [0.25, 0.3) is 22.5 Å². The molecular weight excluding hydrogens is 686 g/mol. The number of aromatic hydroxyl groups is 4. The Hall–Kier alpha value is -4.65. The number of rotatable bonds is 6. The standard InChI is InChI=1S/2C10H7N5O5S.Co.Na/c2*16-6-3-4(15(19)20)1-2-5(6)13-14-7-8(17)11-10(21)12-9(7)18;;/h2*1-3,16H,(H3,11,12,17,18,21);;/q;;;+1. The molecule has 225 valence electrons. The summed E-state index contributed by atoms with van der Waals surface area (Å²) in [6.07, 6.45) is 0. The number of hydrogen-bond acceptors (Lipinski definition) is 16. The van der Waals surface area contributed by atoms with Crippen molar-refractivity contribution in [1.29, 1.82) is 0 Å². The van der Waals surface area contributed by atoms with Crippen molar-refractivity contribution in [3.8, 4) is 23.3 Å². The fourth-order valence-electron chi connectivity index (χ4n) is 2.75. The average molecular weight is 700 g/mol. The number of aromatic amines is 4. The number of nitrogens with zero attached hydrogens (tertiary/aromatic N) is 6. The number of nitrogens with one attached hydrogen (secondary N) is 4. The van der Waals surface area contributed by atoms with Crippen molar-refractivity contribution in [2.45, 2.75) is 0 Å². The molecule has 0 fully saturated rings. The van der Waals surface area contributed by atoms with Gasteiger partial charge in [-0.25, -0.2) is 0 Å². The zero-order chi connectivity index (χ0) is 31.1. The van der Waals surface area contributed by atoms with Crippen LogP contribution in [0.1, 0.15) is 0 Å². The van der Waals surface area contributed by atoms with E-state index in [2.05, 4.69) is 64.8 Å². The van der Waals surface area contributed by atoms with E-state index in [1.165, 1.54) is 0 Å². The van der Waals surface area contributed by atoms with E-state index < -0.39 is 55.6 Å². The summed E-state index contributed by atoms with van der Waals surface area (Å²) < 4.78 is -0.177. The van der Waals surface area contributed by atoms with Gasteiger partial charge in [0.15, 0.2) is 9.54 Å². The van der Waals surface area contributed by atoms with Crippen molar-refractivity contribution < 1.29 is 76.6 Å². The minimum atomic E-state index is -0.776. The van der Waals surface area contributed by atoms with Gasteiger partial charge in [-0.05, 0) is 36.6 Å². The molecule has 0 amide bonds. The summed E-state index contributed by atoms with van der Waals surface area (Å²) in [5.41, 5.74) is -3.30. The first-order valence-corrected chi connectivity index (χ1v) is 11.5. The van der Waals surface area contributed by atoms with Crippen LogP contribution in [0.15, 0.2) is 66.4 Å². The second-order valence-corrected chi connectivity index (χ2v) is 8.29. The first kappa shape index (κ1) is 37.4. The van der Waals surface area contributed by atoms with E-state index >= 15 is 0 Å². The molecule has 1 radical (unpaired) electrons. The summed E-state index contributed by atoms with van der Waals surface area (Å²) in [4.78, 5) is 51.6. The van der Waals surface area contributed by atoms with E-state index in [-0.39, 0.29) is 78.6 Å². The van der Waals surface area contributed by atoms with Crippen LogP contribution in [0.25, 0.3) is 0 Å². The topological polar surface area (TPSA) is 314 Å². The number of aromatic nitrogens is 4. The second kappa shape index (κ2) is 16.3. The summed E-state index contributed by atoms with van der Waals surface area (Å²) in [7, 11) is 0. The van der Waals surface area contributed by atoms with Crippen LogP contribution in [0, 0.1) is 29.8 Å². The zero-order valence-electron chi connectivity index (χ0n) is 21.5. The molecule has 2 heterocycles. The number of benzene rings is 2. The van der Waals surface area contributed by atoms with Gasteiger partial charge in [-0.15, -0.1) is 20.5 Å². The smallest absolute Gasteiger partial charge is 0.505 e. The summed E-state index contributed by atoms with van der Waals surface area (Å²) in [6, 6.07) is 6.28. The van der Waals surface area contributed by atoms with Gasteiger partial charge in [0.2, 0.25) is 23.1 Å². The Morgan fingerprint density at radius 1 is 0.636 bits per heavy atom. The molecular formula is C20H14CoN10NaO10S2+. The molecule has 0 atom stereocenters. The van der Waals surface area contributed by atoms with Crippen molar-refractivity contribution in [3.05, 3.63) is 86.9 Å². The second-order valence-electron chi connectivity index (χ2n) is 7.47. The quantitative estimate of drug-likeness (QED) is 0.0464. The Labute approximate surface area is 284 Å². The third kappa shape index (κ3) is 9.69. The summed E-state index contributed by atoms with van der Waals surface area (Å²) in [5.74, 6) is -2.16. The van der Waals surface area contributed by atoms with Gasteiger partial charge >= 0.3 is 29.6 Å². The van der Waals surface area contributed by atoms with Crippen LogP contribution in [0.2, 0.25) is 0 Å². The Morgan fingerprint density at radius 2 is 0.977 bits per heavy atom. The Bertz CT molecular complexity index is 1870. The number of azo groups is 2. The Balaban J connectivity index is 0.000000421. The van der Waals surface area contributed by atoms with Crippen molar-refractivity contribution in [3.63, 3.8) is 0 Å². The molecule has 0 bridgehead atoms. The van der Waals surface area contributed by atoms with Crippen molar-refractivity contribution >= 4 is 58.6 Å². The maximum Gasteiger partial charge on any atom is 1.00 e.